The Morgan fingerprint density at radius 1 is 0.758 bits per heavy atom. The molecule has 0 spiro atoms. The van der Waals surface area contributed by atoms with E-state index in [1.807, 2.05) is 58.0 Å². The summed E-state index contributed by atoms with van der Waals surface area (Å²) in [6, 6.07) is 13.0. The molecule has 0 unspecified atom stereocenters. The standard InChI is InChI=1S/C29H29FN2O/c1-6-8-16-31-24-13-10-22(11-14-24)28-20(4)19(3)27(21(5)29(28)33)23-12-15-26(25(30)18-23)32-17-9-7-2/h10-15,18,31-33H,16-17H2,1-5H3. The third-order valence-electron chi connectivity index (χ3n) is 5.81. The van der Waals surface area contributed by atoms with Gasteiger partial charge in [0.25, 0.3) is 0 Å². The van der Waals surface area contributed by atoms with Gasteiger partial charge in [-0.2, -0.15) is 0 Å². The lowest BCUT2D eigenvalue weighted by Crippen LogP contribution is -2.02. The van der Waals surface area contributed by atoms with Crippen molar-refractivity contribution in [3.05, 3.63) is 65.0 Å². The van der Waals surface area contributed by atoms with Crippen LogP contribution in [-0.4, -0.2) is 18.2 Å². The first-order valence-corrected chi connectivity index (χ1v) is 10.9. The van der Waals surface area contributed by atoms with Crippen molar-refractivity contribution >= 4 is 11.4 Å². The highest BCUT2D eigenvalue weighted by molar-refractivity contribution is 5.85. The number of phenols is 1. The largest absolute Gasteiger partial charge is 0.507 e. The van der Waals surface area contributed by atoms with Gasteiger partial charge in [0, 0.05) is 11.3 Å². The van der Waals surface area contributed by atoms with Crippen molar-refractivity contribution in [1.29, 1.82) is 0 Å². The molecule has 3 aromatic rings. The number of halogens is 1. The van der Waals surface area contributed by atoms with Gasteiger partial charge in [0.1, 0.15) is 11.6 Å². The SMILES string of the molecule is CC#CCNc1ccc(-c2c(C)c(C)c(-c3ccc(NCC#CC)c(F)c3)c(C)c2O)cc1. The topological polar surface area (TPSA) is 44.3 Å². The number of rotatable bonds is 6. The predicted molar refractivity (Wildman–Crippen MR) is 137 cm³/mol. The Balaban J connectivity index is 2.00. The molecule has 0 aliphatic heterocycles. The highest BCUT2D eigenvalue weighted by Gasteiger charge is 2.20. The van der Waals surface area contributed by atoms with Crippen LogP contribution < -0.4 is 10.6 Å². The molecule has 0 heterocycles. The third kappa shape index (κ3) is 5.13. The number of nitrogens with one attached hydrogen (secondary N) is 2. The summed E-state index contributed by atoms with van der Waals surface area (Å²) in [6.45, 7) is 10.4. The molecule has 0 aromatic heterocycles. The van der Waals surface area contributed by atoms with Crippen LogP contribution in [0.4, 0.5) is 15.8 Å². The van der Waals surface area contributed by atoms with E-state index in [2.05, 4.69) is 34.3 Å². The number of hydrogen-bond donors (Lipinski definition) is 3. The third-order valence-corrected chi connectivity index (χ3v) is 5.81. The maximum Gasteiger partial charge on any atom is 0.146 e. The molecule has 0 saturated carbocycles. The number of phenolic OH excluding ortho intramolecular Hbond substituents is 1. The van der Waals surface area contributed by atoms with Gasteiger partial charge in [0.2, 0.25) is 0 Å². The highest BCUT2D eigenvalue weighted by Crippen LogP contribution is 2.43. The number of benzene rings is 3. The van der Waals surface area contributed by atoms with E-state index >= 15 is 0 Å². The van der Waals surface area contributed by atoms with E-state index in [1.54, 1.807) is 13.0 Å². The van der Waals surface area contributed by atoms with E-state index in [4.69, 9.17) is 0 Å². The van der Waals surface area contributed by atoms with E-state index in [0.29, 0.717) is 18.8 Å². The van der Waals surface area contributed by atoms with Gasteiger partial charge in [0.15, 0.2) is 0 Å². The molecule has 3 nitrogen and oxygen atoms in total. The molecule has 168 valence electrons. The minimum atomic E-state index is -0.346. The Bertz CT molecular complexity index is 1260. The first kappa shape index (κ1) is 23.8. The Morgan fingerprint density at radius 2 is 1.33 bits per heavy atom. The molecular weight excluding hydrogens is 411 g/mol. The number of aromatic hydroxyl groups is 1. The minimum absolute atomic E-state index is 0.214. The molecule has 3 rings (SSSR count). The maximum absolute atomic E-state index is 14.7. The molecule has 0 saturated heterocycles. The average molecular weight is 441 g/mol. The van der Waals surface area contributed by atoms with Gasteiger partial charge >= 0.3 is 0 Å². The number of anilines is 2. The van der Waals surface area contributed by atoms with Crippen molar-refractivity contribution in [2.45, 2.75) is 34.6 Å². The summed E-state index contributed by atoms with van der Waals surface area (Å²) in [6.07, 6.45) is 0. The lowest BCUT2D eigenvalue weighted by atomic mass is 9.86. The molecular formula is C29H29FN2O. The summed E-state index contributed by atoms with van der Waals surface area (Å²) >= 11 is 0. The molecule has 33 heavy (non-hydrogen) atoms. The number of hydrogen-bond acceptors (Lipinski definition) is 3. The van der Waals surface area contributed by atoms with Crippen LogP contribution in [0.15, 0.2) is 42.5 Å². The lowest BCUT2D eigenvalue weighted by Gasteiger charge is -2.20. The van der Waals surface area contributed by atoms with Crippen molar-refractivity contribution in [3.63, 3.8) is 0 Å². The van der Waals surface area contributed by atoms with Gasteiger partial charge in [-0.1, -0.05) is 30.0 Å². The normalized spacial score (nSPS) is 10.0. The summed E-state index contributed by atoms with van der Waals surface area (Å²) in [7, 11) is 0. The van der Waals surface area contributed by atoms with Gasteiger partial charge in [-0.15, -0.1) is 11.8 Å². The van der Waals surface area contributed by atoms with Crippen molar-refractivity contribution in [3.8, 4) is 51.7 Å². The quantitative estimate of drug-likeness (QED) is 0.376. The Morgan fingerprint density at radius 3 is 1.94 bits per heavy atom. The molecule has 0 aliphatic rings. The Hall–Kier alpha value is -3.89. The zero-order valence-electron chi connectivity index (χ0n) is 19.8. The monoisotopic (exact) mass is 440 g/mol. The molecule has 0 aliphatic carbocycles. The summed E-state index contributed by atoms with van der Waals surface area (Å²) in [4.78, 5) is 0. The van der Waals surface area contributed by atoms with E-state index in [9.17, 15) is 9.50 Å². The predicted octanol–water partition coefficient (Wildman–Crippen LogP) is 6.66. The van der Waals surface area contributed by atoms with Crippen LogP contribution in [0.25, 0.3) is 22.3 Å². The first-order valence-electron chi connectivity index (χ1n) is 10.9. The van der Waals surface area contributed by atoms with Crippen molar-refractivity contribution in [2.24, 2.45) is 0 Å². The summed E-state index contributed by atoms with van der Waals surface area (Å²) in [5.74, 6) is 11.4. The van der Waals surface area contributed by atoms with Gasteiger partial charge in [0.05, 0.1) is 18.8 Å². The van der Waals surface area contributed by atoms with Crippen LogP contribution in [0.2, 0.25) is 0 Å². The fraction of sp³-hybridized carbons (Fsp3) is 0.241. The molecule has 0 atom stereocenters. The molecule has 3 N–H and O–H groups in total. The van der Waals surface area contributed by atoms with E-state index in [1.165, 1.54) is 6.07 Å². The molecule has 0 bridgehead atoms. The Labute approximate surface area is 196 Å². The van der Waals surface area contributed by atoms with E-state index in [0.717, 1.165) is 44.6 Å². The first-order chi connectivity index (χ1) is 15.9. The van der Waals surface area contributed by atoms with Gasteiger partial charge in [-0.05, 0) is 92.3 Å². The second kappa shape index (κ2) is 10.6. The second-order valence-electron chi connectivity index (χ2n) is 7.81. The fourth-order valence-electron chi connectivity index (χ4n) is 3.96. The van der Waals surface area contributed by atoms with Crippen LogP contribution in [-0.2, 0) is 0 Å². The van der Waals surface area contributed by atoms with E-state index in [-0.39, 0.29) is 11.6 Å². The molecule has 0 amide bonds. The summed E-state index contributed by atoms with van der Waals surface area (Å²) < 4.78 is 14.7. The van der Waals surface area contributed by atoms with Crippen molar-refractivity contribution in [2.75, 3.05) is 23.7 Å². The van der Waals surface area contributed by atoms with Crippen molar-refractivity contribution < 1.29 is 9.50 Å². The summed E-state index contributed by atoms with van der Waals surface area (Å²) in [5.41, 5.74) is 7.39. The average Bonchev–Trinajstić information content (AvgIpc) is 2.81. The fourth-order valence-corrected chi connectivity index (χ4v) is 3.96. The highest BCUT2D eigenvalue weighted by atomic mass is 19.1. The van der Waals surface area contributed by atoms with E-state index < -0.39 is 0 Å². The summed E-state index contributed by atoms with van der Waals surface area (Å²) in [5, 5.41) is 17.4. The van der Waals surface area contributed by atoms with Gasteiger partial charge in [-0.3, -0.25) is 0 Å². The molecule has 0 fully saturated rings. The van der Waals surface area contributed by atoms with Crippen LogP contribution in [0.1, 0.15) is 30.5 Å². The van der Waals surface area contributed by atoms with Crippen LogP contribution in [0.3, 0.4) is 0 Å². The Kier molecular flexibility index (Phi) is 7.65. The maximum atomic E-state index is 14.7. The second-order valence-corrected chi connectivity index (χ2v) is 7.81. The minimum Gasteiger partial charge on any atom is -0.507 e. The molecule has 3 aromatic carbocycles. The van der Waals surface area contributed by atoms with Crippen LogP contribution >= 0.6 is 0 Å². The van der Waals surface area contributed by atoms with Crippen LogP contribution in [0, 0.1) is 50.3 Å². The molecule has 4 heteroatoms. The van der Waals surface area contributed by atoms with Crippen LogP contribution in [0.5, 0.6) is 5.75 Å². The van der Waals surface area contributed by atoms with Crippen molar-refractivity contribution in [1.82, 2.24) is 0 Å². The molecule has 0 radical (unpaired) electrons. The zero-order chi connectivity index (χ0) is 24.0. The van der Waals surface area contributed by atoms with Gasteiger partial charge in [-0.25, -0.2) is 4.39 Å². The zero-order valence-corrected chi connectivity index (χ0v) is 19.8. The smallest absolute Gasteiger partial charge is 0.146 e. The lowest BCUT2D eigenvalue weighted by molar-refractivity contribution is 0.473. The van der Waals surface area contributed by atoms with Gasteiger partial charge < -0.3 is 15.7 Å².